The quantitative estimate of drug-likeness (QED) is 0.863. The molecule has 0 aliphatic heterocycles. The Morgan fingerprint density at radius 1 is 1.31 bits per heavy atom. The van der Waals surface area contributed by atoms with Crippen molar-refractivity contribution in [2.45, 2.75) is 19.8 Å². The van der Waals surface area contributed by atoms with Gasteiger partial charge in [0.25, 0.3) is 0 Å². The number of fused-ring (bicyclic) bond motifs is 1. The molecule has 1 aromatic heterocycles. The number of hydrogen-bond acceptors (Lipinski definition) is 2. The molecule has 0 unspecified atom stereocenters. The van der Waals surface area contributed by atoms with E-state index >= 15 is 0 Å². The zero-order chi connectivity index (χ0) is 11.9. The molecule has 84 valence electrons. The maximum atomic E-state index is 13.7. The summed E-state index contributed by atoms with van der Waals surface area (Å²) in [5.41, 5.74) is 7.62. The third-order valence-electron chi connectivity index (χ3n) is 2.48. The normalized spacial score (nSPS) is 11.3. The van der Waals surface area contributed by atoms with E-state index in [4.69, 9.17) is 5.73 Å². The molecule has 0 amide bonds. The molecular weight excluding hydrogens is 271 g/mol. The lowest BCUT2D eigenvalue weighted by Gasteiger charge is -2.09. The van der Waals surface area contributed by atoms with Gasteiger partial charge in [0.15, 0.2) is 5.82 Å². The molecule has 0 spiro atoms. The number of rotatable bonds is 1. The first-order valence-corrected chi connectivity index (χ1v) is 5.83. The van der Waals surface area contributed by atoms with Crippen molar-refractivity contribution >= 4 is 32.5 Å². The van der Waals surface area contributed by atoms with Crippen molar-refractivity contribution in [2.75, 3.05) is 5.73 Å². The van der Waals surface area contributed by atoms with Gasteiger partial charge < -0.3 is 5.73 Å². The van der Waals surface area contributed by atoms with Gasteiger partial charge in [-0.15, -0.1) is 0 Å². The molecule has 4 heteroatoms. The van der Waals surface area contributed by atoms with Gasteiger partial charge in [0.1, 0.15) is 5.52 Å². The molecule has 0 saturated carbocycles. The summed E-state index contributed by atoms with van der Waals surface area (Å²) in [6, 6.07) is 4.99. The molecule has 0 saturated heterocycles. The standard InChI is InChI=1S/C12H12BrFN2/c1-6(2)11-5-10(15)8-3-7(13)4-9(14)12(8)16-11/h3-6H,1-2H3,(H2,15,16). The number of nitrogen functional groups attached to an aromatic ring is 1. The van der Waals surface area contributed by atoms with Crippen molar-refractivity contribution < 1.29 is 4.39 Å². The van der Waals surface area contributed by atoms with Crippen LogP contribution in [0.2, 0.25) is 0 Å². The molecule has 0 aliphatic carbocycles. The number of nitrogens with two attached hydrogens (primary N) is 1. The third-order valence-corrected chi connectivity index (χ3v) is 2.93. The molecule has 2 rings (SSSR count). The Labute approximate surface area is 102 Å². The zero-order valence-electron chi connectivity index (χ0n) is 9.09. The van der Waals surface area contributed by atoms with Gasteiger partial charge in [0.05, 0.1) is 0 Å². The first-order chi connectivity index (χ1) is 7.49. The van der Waals surface area contributed by atoms with Crippen molar-refractivity contribution in [2.24, 2.45) is 0 Å². The minimum Gasteiger partial charge on any atom is -0.398 e. The first kappa shape index (κ1) is 11.3. The molecule has 2 N–H and O–H groups in total. The van der Waals surface area contributed by atoms with Crippen LogP contribution in [0, 0.1) is 5.82 Å². The lowest BCUT2D eigenvalue weighted by molar-refractivity contribution is 0.635. The van der Waals surface area contributed by atoms with Crippen LogP contribution >= 0.6 is 15.9 Å². The van der Waals surface area contributed by atoms with Crippen LogP contribution in [0.25, 0.3) is 10.9 Å². The molecule has 1 heterocycles. The molecule has 2 aromatic rings. The van der Waals surface area contributed by atoms with E-state index in [1.54, 1.807) is 12.1 Å². The number of pyridine rings is 1. The summed E-state index contributed by atoms with van der Waals surface area (Å²) in [7, 11) is 0. The Morgan fingerprint density at radius 2 is 2.00 bits per heavy atom. The summed E-state index contributed by atoms with van der Waals surface area (Å²) in [5, 5.41) is 0.649. The van der Waals surface area contributed by atoms with Crippen LogP contribution in [0.3, 0.4) is 0 Å². The molecule has 0 atom stereocenters. The fourth-order valence-electron chi connectivity index (χ4n) is 1.59. The highest BCUT2D eigenvalue weighted by Gasteiger charge is 2.10. The molecular formula is C12H12BrFN2. The van der Waals surface area contributed by atoms with Gasteiger partial charge in [0.2, 0.25) is 0 Å². The van der Waals surface area contributed by atoms with Crippen LogP contribution < -0.4 is 5.73 Å². The Bertz CT molecular complexity index is 552. The fourth-order valence-corrected chi connectivity index (χ4v) is 2.02. The summed E-state index contributed by atoms with van der Waals surface area (Å²) < 4.78 is 14.4. The van der Waals surface area contributed by atoms with Gasteiger partial charge in [-0.2, -0.15) is 0 Å². The SMILES string of the molecule is CC(C)c1cc(N)c2cc(Br)cc(F)c2n1. The second kappa shape index (κ2) is 4.01. The van der Waals surface area contributed by atoms with E-state index in [9.17, 15) is 4.39 Å². The number of halogens is 2. The Kier molecular flexibility index (Phi) is 2.84. The van der Waals surface area contributed by atoms with E-state index in [2.05, 4.69) is 20.9 Å². The molecule has 0 bridgehead atoms. The molecule has 16 heavy (non-hydrogen) atoms. The predicted octanol–water partition coefficient (Wildman–Crippen LogP) is 3.84. The van der Waals surface area contributed by atoms with E-state index in [0.717, 1.165) is 5.69 Å². The summed E-state index contributed by atoms with van der Waals surface area (Å²) in [6.45, 7) is 4.01. The van der Waals surface area contributed by atoms with Crippen molar-refractivity contribution in [3.05, 3.63) is 34.2 Å². The van der Waals surface area contributed by atoms with Gasteiger partial charge in [0, 0.05) is 21.2 Å². The number of hydrogen-bond donors (Lipinski definition) is 1. The smallest absolute Gasteiger partial charge is 0.150 e. The van der Waals surface area contributed by atoms with Crippen molar-refractivity contribution in [3.63, 3.8) is 0 Å². The molecule has 1 aromatic carbocycles. The highest BCUT2D eigenvalue weighted by Crippen LogP contribution is 2.28. The van der Waals surface area contributed by atoms with Gasteiger partial charge in [-0.25, -0.2) is 9.37 Å². The average molecular weight is 283 g/mol. The zero-order valence-corrected chi connectivity index (χ0v) is 10.7. The van der Waals surface area contributed by atoms with Crippen LogP contribution in [0.15, 0.2) is 22.7 Å². The molecule has 0 fully saturated rings. The van der Waals surface area contributed by atoms with Crippen LogP contribution in [0.1, 0.15) is 25.5 Å². The van der Waals surface area contributed by atoms with Crippen molar-refractivity contribution in [1.29, 1.82) is 0 Å². The first-order valence-electron chi connectivity index (χ1n) is 5.04. The number of anilines is 1. The topological polar surface area (TPSA) is 38.9 Å². The summed E-state index contributed by atoms with van der Waals surface area (Å²) in [4.78, 5) is 4.30. The maximum absolute atomic E-state index is 13.7. The highest BCUT2D eigenvalue weighted by atomic mass is 79.9. The van der Waals surface area contributed by atoms with Gasteiger partial charge in [-0.1, -0.05) is 29.8 Å². The number of benzene rings is 1. The number of nitrogens with zero attached hydrogens (tertiary/aromatic N) is 1. The highest BCUT2D eigenvalue weighted by molar-refractivity contribution is 9.10. The predicted molar refractivity (Wildman–Crippen MR) is 67.9 cm³/mol. The fraction of sp³-hybridized carbons (Fsp3) is 0.250. The van der Waals surface area contributed by atoms with Gasteiger partial charge in [-0.05, 0) is 24.1 Å². The third kappa shape index (κ3) is 1.89. The minimum atomic E-state index is -0.349. The Morgan fingerprint density at radius 3 is 2.62 bits per heavy atom. The van der Waals surface area contributed by atoms with E-state index in [1.165, 1.54) is 6.07 Å². The Hall–Kier alpha value is -1.16. The van der Waals surface area contributed by atoms with E-state index in [1.807, 2.05) is 13.8 Å². The number of aromatic nitrogens is 1. The van der Waals surface area contributed by atoms with Crippen LogP contribution in [-0.2, 0) is 0 Å². The molecule has 0 aliphatic rings. The van der Waals surface area contributed by atoms with Crippen molar-refractivity contribution in [1.82, 2.24) is 4.98 Å². The summed E-state index contributed by atoms with van der Waals surface area (Å²) >= 11 is 3.24. The van der Waals surface area contributed by atoms with Crippen LogP contribution in [0.5, 0.6) is 0 Å². The average Bonchev–Trinajstić information content (AvgIpc) is 2.19. The Balaban J connectivity index is 2.82. The van der Waals surface area contributed by atoms with Crippen LogP contribution in [0.4, 0.5) is 10.1 Å². The second-order valence-corrected chi connectivity index (χ2v) is 4.99. The lowest BCUT2D eigenvalue weighted by Crippen LogP contribution is -1.99. The maximum Gasteiger partial charge on any atom is 0.150 e. The van der Waals surface area contributed by atoms with E-state index < -0.39 is 0 Å². The van der Waals surface area contributed by atoms with Gasteiger partial charge in [-0.3, -0.25) is 0 Å². The molecule has 2 nitrogen and oxygen atoms in total. The minimum absolute atomic E-state index is 0.231. The second-order valence-electron chi connectivity index (χ2n) is 4.07. The van der Waals surface area contributed by atoms with Crippen molar-refractivity contribution in [3.8, 4) is 0 Å². The van der Waals surface area contributed by atoms with E-state index in [-0.39, 0.29) is 11.7 Å². The van der Waals surface area contributed by atoms with Gasteiger partial charge >= 0.3 is 0 Å². The monoisotopic (exact) mass is 282 g/mol. The van der Waals surface area contributed by atoms with Crippen LogP contribution in [-0.4, -0.2) is 4.98 Å². The lowest BCUT2D eigenvalue weighted by atomic mass is 10.1. The molecule has 0 radical (unpaired) electrons. The largest absolute Gasteiger partial charge is 0.398 e. The summed E-state index contributed by atoms with van der Waals surface area (Å²) in [6.07, 6.45) is 0. The van der Waals surface area contributed by atoms with E-state index in [0.29, 0.717) is 21.1 Å². The summed E-state index contributed by atoms with van der Waals surface area (Å²) in [5.74, 6) is -0.117.